The fourth-order valence-corrected chi connectivity index (χ4v) is 3.58. The maximum atomic E-state index is 13.0. The SMILES string of the molecule is CC1=NN(c2ccc(C)cc2)C(=O)C1=Cc1ccc(-c2ccc(Cl)c(C(=O)OC(C)C)c2)o1. The molecule has 0 N–H and O–H groups in total. The molecule has 1 aromatic heterocycles. The standard InChI is InChI=1S/C26H23ClN2O4/c1-15(2)32-26(31)22-13-18(7-11-23(22)27)24-12-10-20(33-24)14-21-17(4)28-29(25(21)30)19-8-5-16(3)6-9-19/h5-15H,1-4H3. The molecule has 0 atom stereocenters. The van der Waals surface area contributed by atoms with Crippen molar-refractivity contribution in [3.63, 3.8) is 0 Å². The van der Waals surface area contributed by atoms with Crippen LogP contribution in [0.25, 0.3) is 17.4 Å². The maximum Gasteiger partial charge on any atom is 0.339 e. The van der Waals surface area contributed by atoms with Gasteiger partial charge in [-0.2, -0.15) is 10.1 Å². The lowest BCUT2D eigenvalue weighted by molar-refractivity contribution is -0.114. The molecular weight excluding hydrogens is 440 g/mol. The molecule has 4 rings (SSSR count). The Kier molecular flexibility index (Phi) is 6.20. The van der Waals surface area contributed by atoms with Crippen molar-refractivity contribution >= 4 is 41.0 Å². The molecular formula is C26H23ClN2O4. The first-order valence-corrected chi connectivity index (χ1v) is 10.9. The van der Waals surface area contributed by atoms with Crippen LogP contribution in [0.2, 0.25) is 5.02 Å². The zero-order valence-electron chi connectivity index (χ0n) is 18.8. The molecule has 2 aromatic carbocycles. The number of furan rings is 1. The Hall–Kier alpha value is -3.64. The van der Waals surface area contributed by atoms with E-state index in [-0.39, 0.29) is 17.6 Å². The van der Waals surface area contributed by atoms with Crippen molar-refractivity contribution in [2.75, 3.05) is 5.01 Å². The smallest absolute Gasteiger partial charge is 0.339 e. The molecule has 1 aliphatic rings. The highest BCUT2D eigenvalue weighted by molar-refractivity contribution is 6.33. The van der Waals surface area contributed by atoms with Crippen molar-refractivity contribution in [1.29, 1.82) is 0 Å². The fraction of sp³-hybridized carbons (Fsp3) is 0.192. The molecule has 0 bridgehead atoms. The summed E-state index contributed by atoms with van der Waals surface area (Å²) in [4.78, 5) is 25.3. The minimum atomic E-state index is -0.495. The summed E-state index contributed by atoms with van der Waals surface area (Å²) in [6.45, 7) is 7.32. The van der Waals surface area contributed by atoms with Crippen LogP contribution in [0.1, 0.15) is 42.5 Å². The van der Waals surface area contributed by atoms with E-state index in [4.69, 9.17) is 20.8 Å². The molecule has 0 spiro atoms. The van der Waals surface area contributed by atoms with Crippen molar-refractivity contribution in [2.45, 2.75) is 33.8 Å². The van der Waals surface area contributed by atoms with Crippen LogP contribution in [0.5, 0.6) is 0 Å². The first kappa shape index (κ1) is 22.6. The van der Waals surface area contributed by atoms with Crippen LogP contribution in [-0.4, -0.2) is 23.7 Å². The second-order valence-electron chi connectivity index (χ2n) is 8.05. The van der Waals surface area contributed by atoms with E-state index >= 15 is 0 Å². The van der Waals surface area contributed by atoms with E-state index in [2.05, 4.69) is 5.10 Å². The van der Waals surface area contributed by atoms with Gasteiger partial charge in [-0.25, -0.2) is 4.79 Å². The van der Waals surface area contributed by atoms with Gasteiger partial charge >= 0.3 is 5.97 Å². The molecule has 3 aromatic rings. The highest BCUT2D eigenvalue weighted by Gasteiger charge is 2.29. The first-order valence-electron chi connectivity index (χ1n) is 10.5. The molecule has 0 unspecified atom stereocenters. The van der Waals surface area contributed by atoms with E-state index in [9.17, 15) is 9.59 Å². The van der Waals surface area contributed by atoms with Gasteiger partial charge in [0.2, 0.25) is 0 Å². The summed E-state index contributed by atoms with van der Waals surface area (Å²) >= 11 is 6.19. The van der Waals surface area contributed by atoms with Crippen LogP contribution in [0, 0.1) is 6.92 Å². The number of rotatable bonds is 5. The molecule has 6 nitrogen and oxygen atoms in total. The van der Waals surface area contributed by atoms with Gasteiger partial charge < -0.3 is 9.15 Å². The number of aryl methyl sites for hydroxylation is 1. The summed E-state index contributed by atoms with van der Waals surface area (Å²) in [5.74, 6) is 0.312. The number of benzene rings is 2. The van der Waals surface area contributed by atoms with E-state index in [1.54, 1.807) is 57.2 Å². The molecule has 0 aliphatic carbocycles. The topological polar surface area (TPSA) is 72.1 Å². The van der Waals surface area contributed by atoms with Crippen LogP contribution < -0.4 is 5.01 Å². The monoisotopic (exact) mass is 462 g/mol. The Morgan fingerprint density at radius 2 is 1.82 bits per heavy atom. The lowest BCUT2D eigenvalue weighted by Crippen LogP contribution is -2.21. The van der Waals surface area contributed by atoms with Gasteiger partial charge in [-0.15, -0.1) is 0 Å². The third kappa shape index (κ3) is 4.76. The Labute approximate surface area is 197 Å². The molecule has 0 fully saturated rings. The van der Waals surface area contributed by atoms with Crippen LogP contribution in [0.15, 0.2) is 69.7 Å². The average molecular weight is 463 g/mol. The molecule has 1 amide bonds. The van der Waals surface area contributed by atoms with Gasteiger partial charge in [0, 0.05) is 5.56 Å². The lowest BCUT2D eigenvalue weighted by atomic mass is 10.1. The predicted molar refractivity (Wildman–Crippen MR) is 129 cm³/mol. The summed E-state index contributed by atoms with van der Waals surface area (Å²) in [5.41, 5.74) is 3.80. The largest absolute Gasteiger partial charge is 0.459 e. The number of hydrazone groups is 1. The van der Waals surface area contributed by atoms with E-state index in [1.165, 1.54) is 5.01 Å². The van der Waals surface area contributed by atoms with Gasteiger partial charge in [0.25, 0.3) is 5.91 Å². The van der Waals surface area contributed by atoms with Crippen LogP contribution in [0.4, 0.5) is 5.69 Å². The quantitative estimate of drug-likeness (QED) is 0.330. The minimum Gasteiger partial charge on any atom is -0.459 e. The number of esters is 1. The van der Waals surface area contributed by atoms with Crippen LogP contribution in [0.3, 0.4) is 0 Å². The zero-order valence-corrected chi connectivity index (χ0v) is 19.5. The number of hydrogen-bond donors (Lipinski definition) is 0. The van der Waals surface area contributed by atoms with E-state index < -0.39 is 5.97 Å². The summed E-state index contributed by atoms with van der Waals surface area (Å²) in [6.07, 6.45) is 1.41. The van der Waals surface area contributed by atoms with Gasteiger partial charge in [-0.1, -0.05) is 29.3 Å². The number of halogens is 1. The van der Waals surface area contributed by atoms with Gasteiger partial charge in [0.05, 0.1) is 33.7 Å². The molecule has 33 heavy (non-hydrogen) atoms. The summed E-state index contributed by atoms with van der Waals surface area (Å²) in [5, 5.41) is 6.09. The van der Waals surface area contributed by atoms with Crippen molar-refractivity contribution in [3.05, 3.63) is 82.1 Å². The van der Waals surface area contributed by atoms with Gasteiger partial charge in [0.15, 0.2) is 0 Å². The number of hydrogen-bond acceptors (Lipinski definition) is 5. The van der Waals surface area contributed by atoms with Gasteiger partial charge in [-0.3, -0.25) is 4.79 Å². The van der Waals surface area contributed by atoms with Crippen molar-refractivity contribution in [1.82, 2.24) is 0 Å². The second kappa shape index (κ2) is 9.08. The molecule has 0 radical (unpaired) electrons. The van der Waals surface area contributed by atoms with Gasteiger partial charge in [0.1, 0.15) is 11.5 Å². The molecule has 0 saturated carbocycles. The summed E-state index contributed by atoms with van der Waals surface area (Å²) in [7, 11) is 0. The Balaban J connectivity index is 1.59. The highest BCUT2D eigenvalue weighted by atomic mass is 35.5. The molecule has 2 heterocycles. The van der Waals surface area contributed by atoms with Crippen LogP contribution in [-0.2, 0) is 9.53 Å². The van der Waals surface area contributed by atoms with Crippen molar-refractivity contribution in [2.24, 2.45) is 5.10 Å². The Bertz CT molecular complexity index is 1290. The molecule has 7 heteroatoms. The highest BCUT2D eigenvalue weighted by Crippen LogP contribution is 2.30. The Morgan fingerprint density at radius 1 is 1.09 bits per heavy atom. The van der Waals surface area contributed by atoms with E-state index in [1.807, 2.05) is 31.2 Å². The van der Waals surface area contributed by atoms with E-state index in [0.29, 0.717) is 39.1 Å². The average Bonchev–Trinajstić information content (AvgIpc) is 3.34. The first-order chi connectivity index (χ1) is 15.7. The van der Waals surface area contributed by atoms with E-state index in [0.717, 1.165) is 5.56 Å². The van der Waals surface area contributed by atoms with Crippen molar-refractivity contribution in [3.8, 4) is 11.3 Å². The zero-order chi connectivity index (χ0) is 23.7. The number of amides is 1. The third-order valence-corrected chi connectivity index (χ3v) is 5.40. The fourth-order valence-electron chi connectivity index (χ4n) is 3.39. The Morgan fingerprint density at radius 3 is 2.52 bits per heavy atom. The number of nitrogens with zero attached hydrogens (tertiary/aromatic N) is 2. The van der Waals surface area contributed by atoms with Crippen molar-refractivity contribution < 1.29 is 18.7 Å². The maximum absolute atomic E-state index is 13.0. The third-order valence-electron chi connectivity index (χ3n) is 5.07. The predicted octanol–water partition coefficient (Wildman–Crippen LogP) is 6.28. The molecule has 1 aliphatic heterocycles. The summed E-state index contributed by atoms with van der Waals surface area (Å²) in [6, 6.07) is 16.2. The lowest BCUT2D eigenvalue weighted by Gasteiger charge is -2.11. The minimum absolute atomic E-state index is 0.223. The normalized spacial score (nSPS) is 14.8. The number of ether oxygens (including phenoxy) is 1. The molecule has 0 saturated heterocycles. The van der Waals surface area contributed by atoms with Crippen LogP contribution >= 0.6 is 11.6 Å². The number of carbonyl (C=O) groups excluding carboxylic acids is 2. The second-order valence-corrected chi connectivity index (χ2v) is 8.45. The number of anilines is 1. The summed E-state index contributed by atoms with van der Waals surface area (Å²) < 4.78 is 11.2. The number of carbonyl (C=O) groups is 2. The van der Waals surface area contributed by atoms with Gasteiger partial charge in [-0.05, 0) is 76.2 Å². The molecule has 168 valence electrons.